The van der Waals surface area contributed by atoms with E-state index in [4.69, 9.17) is 0 Å². The molecule has 6 nitrogen and oxygen atoms in total. The van der Waals surface area contributed by atoms with Gasteiger partial charge in [-0.3, -0.25) is 14.4 Å². The van der Waals surface area contributed by atoms with Crippen molar-refractivity contribution in [3.63, 3.8) is 0 Å². The Bertz CT molecular complexity index is 869. The van der Waals surface area contributed by atoms with Crippen molar-refractivity contribution in [2.75, 3.05) is 22.1 Å². The van der Waals surface area contributed by atoms with Crippen molar-refractivity contribution in [1.82, 2.24) is 0 Å². The maximum Gasteiger partial charge on any atom is 0.229 e. The molecule has 1 heterocycles. The lowest BCUT2D eigenvalue weighted by Gasteiger charge is -2.17. The molecule has 1 atom stereocenters. The highest BCUT2D eigenvalue weighted by molar-refractivity contribution is 6.03. The molecule has 1 aliphatic rings. The fraction of sp³-hybridized carbons (Fsp3) is 0.211. The summed E-state index contributed by atoms with van der Waals surface area (Å²) in [6.07, 6.45) is 0.0194. The highest BCUT2D eigenvalue weighted by atomic mass is 19.1. The molecule has 0 aliphatic carbocycles. The van der Waals surface area contributed by atoms with E-state index in [1.807, 2.05) is 0 Å². The van der Waals surface area contributed by atoms with Crippen LogP contribution in [-0.2, 0) is 14.4 Å². The Morgan fingerprint density at radius 3 is 2.46 bits per heavy atom. The zero-order valence-electron chi connectivity index (χ0n) is 14.2. The summed E-state index contributed by atoms with van der Waals surface area (Å²) in [5.41, 5.74) is 1.25. The number of nitrogens with one attached hydrogen (secondary N) is 2. The van der Waals surface area contributed by atoms with E-state index in [2.05, 4.69) is 10.6 Å². The SMILES string of the molecule is CC(=O)Nc1cccc(NC(=O)C2CC(=O)N(c3ccccc3F)C2)c1. The van der Waals surface area contributed by atoms with Gasteiger partial charge in [-0.05, 0) is 30.3 Å². The molecule has 1 aliphatic heterocycles. The quantitative estimate of drug-likeness (QED) is 0.885. The number of nitrogens with zero attached hydrogens (tertiary/aromatic N) is 1. The molecule has 0 radical (unpaired) electrons. The van der Waals surface area contributed by atoms with Gasteiger partial charge in [0.05, 0.1) is 11.6 Å². The Hall–Kier alpha value is -3.22. The van der Waals surface area contributed by atoms with Crippen LogP contribution in [0.1, 0.15) is 13.3 Å². The number of para-hydroxylation sites is 1. The van der Waals surface area contributed by atoms with Crippen molar-refractivity contribution in [2.45, 2.75) is 13.3 Å². The van der Waals surface area contributed by atoms with E-state index < -0.39 is 11.7 Å². The molecule has 3 amide bonds. The van der Waals surface area contributed by atoms with Crippen molar-refractivity contribution >= 4 is 34.8 Å². The molecular formula is C19H18FN3O3. The van der Waals surface area contributed by atoms with Gasteiger partial charge in [0.2, 0.25) is 17.7 Å². The minimum absolute atomic E-state index is 0.0194. The van der Waals surface area contributed by atoms with E-state index in [9.17, 15) is 18.8 Å². The Balaban J connectivity index is 1.69. The first kappa shape index (κ1) is 17.6. The number of amides is 3. The summed E-state index contributed by atoms with van der Waals surface area (Å²) in [5, 5.41) is 5.38. The molecule has 1 unspecified atom stereocenters. The molecule has 0 aromatic heterocycles. The van der Waals surface area contributed by atoms with Crippen LogP contribution in [0.5, 0.6) is 0 Å². The largest absolute Gasteiger partial charge is 0.326 e. The minimum Gasteiger partial charge on any atom is -0.326 e. The Morgan fingerprint density at radius 2 is 1.77 bits per heavy atom. The second-order valence-electron chi connectivity index (χ2n) is 6.11. The summed E-state index contributed by atoms with van der Waals surface area (Å²) >= 11 is 0. The first-order chi connectivity index (χ1) is 12.4. The fourth-order valence-corrected chi connectivity index (χ4v) is 2.91. The molecule has 7 heteroatoms. The fourth-order valence-electron chi connectivity index (χ4n) is 2.91. The molecule has 3 rings (SSSR count). The number of carbonyl (C=O) groups is 3. The number of carbonyl (C=O) groups excluding carboxylic acids is 3. The lowest BCUT2D eigenvalue weighted by Crippen LogP contribution is -2.28. The van der Waals surface area contributed by atoms with Crippen LogP contribution in [-0.4, -0.2) is 24.3 Å². The molecule has 0 spiro atoms. The van der Waals surface area contributed by atoms with Crippen molar-refractivity contribution < 1.29 is 18.8 Å². The van der Waals surface area contributed by atoms with Crippen LogP contribution in [0, 0.1) is 11.7 Å². The Kier molecular flexibility index (Phi) is 4.97. The topological polar surface area (TPSA) is 78.5 Å². The molecule has 1 saturated heterocycles. The van der Waals surface area contributed by atoms with Gasteiger partial charge in [0.1, 0.15) is 5.82 Å². The number of hydrogen-bond donors (Lipinski definition) is 2. The number of hydrogen-bond acceptors (Lipinski definition) is 3. The zero-order chi connectivity index (χ0) is 18.7. The molecule has 1 fully saturated rings. The molecular weight excluding hydrogens is 337 g/mol. The summed E-state index contributed by atoms with van der Waals surface area (Å²) in [7, 11) is 0. The van der Waals surface area contributed by atoms with Gasteiger partial charge in [-0.25, -0.2) is 4.39 Å². The zero-order valence-corrected chi connectivity index (χ0v) is 14.2. The van der Waals surface area contributed by atoms with Gasteiger partial charge in [-0.2, -0.15) is 0 Å². The van der Waals surface area contributed by atoms with Crippen LogP contribution in [0.15, 0.2) is 48.5 Å². The average Bonchev–Trinajstić information content (AvgIpc) is 2.97. The van der Waals surface area contributed by atoms with E-state index >= 15 is 0 Å². The second-order valence-corrected chi connectivity index (χ2v) is 6.11. The molecule has 2 N–H and O–H groups in total. The van der Waals surface area contributed by atoms with E-state index in [0.29, 0.717) is 11.4 Å². The lowest BCUT2D eigenvalue weighted by atomic mass is 10.1. The third kappa shape index (κ3) is 3.88. The molecule has 134 valence electrons. The first-order valence-corrected chi connectivity index (χ1v) is 8.17. The van der Waals surface area contributed by atoms with E-state index in [0.717, 1.165) is 0 Å². The second kappa shape index (κ2) is 7.35. The maximum absolute atomic E-state index is 13.9. The van der Waals surface area contributed by atoms with Gasteiger partial charge in [0.15, 0.2) is 0 Å². The van der Waals surface area contributed by atoms with Crippen molar-refractivity contribution in [3.8, 4) is 0 Å². The number of rotatable bonds is 4. The summed E-state index contributed by atoms with van der Waals surface area (Å²) < 4.78 is 13.9. The predicted octanol–water partition coefficient (Wildman–Crippen LogP) is 2.78. The van der Waals surface area contributed by atoms with Crippen LogP contribution in [0.25, 0.3) is 0 Å². The van der Waals surface area contributed by atoms with Crippen LogP contribution in [0.3, 0.4) is 0 Å². The van der Waals surface area contributed by atoms with Gasteiger partial charge >= 0.3 is 0 Å². The third-order valence-electron chi connectivity index (χ3n) is 4.09. The number of halogens is 1. The lowest BCUT2D eigenvalue weighted by molar-refractivity contribution is -0.122. The van der Waals surface area contributed by atoms with Crippen LogP contribution < -0.4 is 15.5 Å². The Labute approximate surface area is 150 Å². The van der Waals surface area contributed by atoms with Crippen molar-refractivity contribution in [1.29, 1.82) is 0 Å². The molecule has 0 bridgehead atoms. The van der Waals surface area contributed by atoms with Crippen LogP contribution in [0.4, 0.5) is 21.5 Å². The third-order valence-corrected chi connectivity index (χ3v) is 4.09. The summed E-state index contributed by atoms with van der Waals surface area (Å²) in [6.45, 7) is 1.52. The number of benzene rings is 2. The van der Waals surface area contributed by atoms with Crippen LogP contribution >= 0.6 is 0 Å². The summed E-state index contributed by atoms with van der Waals surface area (Å²) in [5.74, 6) is -1.90. The van der Waals surface area contributed by atoms with Gasteiger partial charge in [-0.15, -0.1) is 0 Å². The average molecular weight is 355 g/mol. The Morgan fingerprint density at radius 1 is 1.08 bits per heavy atom. The predicted molar refractivity (Wildman–Crippen MR) is 96.2 cm³/mol. The molecule has 2 aromatic rings. The van der Waals surface area contributed by atoms with Crippen molar-refractivity contribution in [2.24, 2.45) is 5.92 Å². The number of anilines is 3. The standard InChI is InChI=1S/C19H18FN3O3/c1-12(24)21-14-5-4-6-15(10-14)22-19(26)13-9-18(25)23(11-13)17-8-3-2-7-16(17)20/h2-8,10,13H,9,11H2,1H3,(H,21,24)(H,22,26). The highest BCUT2D eigenvalue weighted by Crippen LogP contribution is 2.28. The molecule has 2 aromatic carbocycles. The first-order valence-electron chi connectivity index (χ1n) is 8.17. The maximum atomic E-state index is 13.9. The van der Waals surface area contributed by atoms with Gasteiger partial charge < -0.3 is 15.5 Å². The van der Waals surface area contributed by atoms with E-state index in [1.165, 1.54) is 24.0 Å². The summed E-state index contributed by atoms with van der Waals surface area (Å²) in [6, 6.07) is 12.7. The monoisotopic (exact) mass is 355 g/mol. The highest BCUT2D eigenvalue weighted by Gasteiger charge is 2.36. The minimum atomic E-state index is -0.577. The molecule has 0 saturated carbocycles. The smallest absolute Gasteiger partial charge is 0.229 e. The van der Waals surface area contributed by atoms with Gasteiger partial charge in [-0.1, -0.05) is 18.2 Å². The normalized spacial score (nSPS) is 16.5. The van der Waals surface area contributed by atoms with Gasteiger partial charge in [0, 0.05) is 31.3 Å². The van der Waals surface area contributed by atoms with Gasteiger partial charge in [0.25, 0.3) is 0 Å². The molecule has 26 heavy (non-hydrogen) atoms. The van der Waals surface area contributed by atoms with Crippen molar-refractivity contribution in [3.05, 3.63) is 54.3 Å². The van der Waals surface area contributed by atoms with E-state index in [-0.39, 0.29) is 36.4 Å². The van der Waals surface area contributed by atoms with Crippen LogP contribution in [0.2, 0.25) is 0 Å². The van der Waals surface area contributed by atoms with E-state index in [1.54, 1.807) is 36.4 Å². The summed E-state index contributed by atoms with van der Waals surface area (Å²) in [4.78, 5) is 37.1.